The Balaban J connectivity index is 2.32. The molecular formula is C10H11ClN4. The van der Waals surface area contributed by atoms with Crippen molar-refractivity contribution in [2.45, 2.75) is 6.92 Å². The number of hydrogen-bond donors (Lipinski definition) is 1. The number of halogens is 1. The summed E-state index contributed by atoms with van der Waals surface area (Å²) in [5.41, 5.74) is 1.86. The van der Waals surface area contributed by atoms with Crippen LogP contribution in [0.3, 0.4) is 0 Å². The maximum absolute atomic E-state index is 5.79. The zero-order chi connectivity index (χ0) is 10.7. The Morgan fingerprint density at radius 1 is 1.40 bits per heavy atom. The van der Waals surface area contributed by atoms with Crippen LogP contribution < -0.4 is 5.32 Å². The molecule has 5 heteroatoms. The van der Waals surface area contributed by atoms with Gasteiger partial charge in [-0.15, -0.1) is 0 Å². The highest BCUT2D eigenvalue weighted by Gasteiger charge is 2.00. The van der Waals surface area contributed by atoms with Gasteiger partial charge in [0.25, 0.3) is 0 Å². The molecule has 78 valence electrons. The molecule has 2 aromatic heterocycles. The van der Waals surface area contributed by atoms with Gasteiger partial charge >= 0.3 is 0 Å². The fraction of sp³-hybridized carbons (Fsp3) is 0.200. The monoisotopic (exact) mass is 222 g/mol. The van der Waals surface area contributed by atoms with Crippen LogP contribution in [0.2, 0.25) is 5.02 Å². The fourth-order valence-electron chi connectivity index (χ4n) is 1.30. The lowest BCUT2D eigenvalue weighted by Gasteiger charge is -2.05. The standard InChI is InChI=1S/C10H11ClN4/c1-2-13-9-3-10(6-12-5-9)15-7-8(11)4-14-15/h3-7,13H,2H2,1H3. The summed E-state index contributed by atoms with van der Waals surface area (Å²) in [6, 6.07) is 1.97. The lowest BCUT2D eigenvalue weighted by molar-refractivity contribution is 0.874. The smallest absolute Gasteiger partial charge is 0.0849 e. The molecule has 1 N–H and O–H groups in total. The highest BCUT2D eigenvalue weighted by atomic mass is 35.5. The Hall–Kier alpha value is -1.55. The predicted molar refractivity (Wildman–Crippen MR) is 60.5 cm³/mol. The summed E-state index contributed by atoms with van der Waals surface area (Å²) < 4.78 is 1.69. The van der Waals surface area contributed by atoms with Crippen molar-refractivity contribution < 1.29 is 0 Å². The number of nitrogens with zero attached hydrogens (tertiary/aromatic N) is 3. The summed E-state index contributed by atoms with van der Waals surface area (Å²) in [5.74, 6) is 0. The molecule has 0 atom stereocenters. The summed E-state index contributed by atoms with van der Waals surface area (Å²) in [6.07, 6.45) is 6.86. The SMILES string of the molecule is CCNc1cncc(-n2cc(Cl)cn2)c1. The van der Waals surface area contributed by atoms with Crippen molar-refractivity contribution in [1.29, 1.82) is 0 Å². The van der Waals surface area contributed by atoms with Gasteiger partial charge in [-0.2, -0.15) is 5.10 Å². The largest absolute Gasteiger partial charge is 0.384 e. The molecule has 0 fully saturated rings. The molecule has 0 saturated carbocycles. The third-order valence-corrected chi connectivity index (χ3v) is 2.12. The van der Waals surface area contributed by atoms with E-state index < -0.39 is 0 Å². The van der Waals surface area contributed by atoms with Crippen molar-refractivity contribution >= 4 is 17.3 Å². The highest BCUT2D eigenvalue weighted by Crippen LogP contribution is 2.14. The molecule has 0 aliphatic rings. The lowest BCUT2D eigenvalue weighted by Crippen LogP contribution is -2.00. The Morgan fingerprint density at radius 2 is 2.27 bits per heavy atom. The Labute approximate surface area is 92.9 Å². The van der Waals surface area contributed by atoms with Crippen LogP contribution >= 0.6 is 11.6 Å². The second kappa shape index (κ2) is 4.31. The van der Waals surface area contributed by atoms with E-state index in [1.807, 2.05) is 13.0 Å². The van der Waals surface area contributed by atoms with Gasteiger partial charge in [-0.3, -0.25) is 4.98 Å². The molecule has 0 bridgehead atoms. The van der Waals surface area contributed by atoms with Crippen molar-refractivity contribution in [3.63, 3.8) is 0 Å². The zero-order valence-electron chi connectivity index (χ0n) is 8.31. The molecule has 0 radical (unpaired) electrons. The Morgan fingerprint density at radius 3 is 2.93 bits per heavy atom. The number of nitrogens with one attached hydrogen (secondary N) is 1. The van der Waals surface area contributed by atoms with E-state index in [0.717, 1.165) is 17.9 Å². The molecule has 0 amide bonds. The summed E-state index contributed by atoms with van der Waals surface area (Å²) in [4.78, 5) is 4.12. The summed E-state index contributed by atoms with van der Waals surface area (Å²) in [5, 5.41) is 7.91. The van der Waals surface area contributed by atoms with Crippen LogP contribution in [0.5, 0.6) is 0 Å². The maximum Gasteiger partial charge on any atom is 0.0849 e. The minimum atomic E-state index is 0.615. The molecule has 0 aliphatic carbocycles. The third-order valence-electron chi connectivity index (χ3n) is 1.92. The number of anilines is 1. The molecule has 0 unspecified atom stereocenters. The van der Waals surface area contributed by atoms with Crippen LogP contribution in [-0.2, 0) is 0 Å². The van der Waals surface area contributed by atoms with E-state index in [2.05, 4.69) is 15.4 Å². The van der Waals surface area contributed by atoms with Gasteiger partial charge < -0.3 is 5.32 Å². The van der Waals surface area contributed by atoms with Crippen molar-refractivity contribution in [3.8, 4) is 5.69 Å². The molecule has 0 aromatic carbocycles. The maximum atomic E-state index is 5.79. The topological polar surface area (TPSA) is 42.7 Å². The number of rotatable bonds is 3. The van der Waals surface area contributed by atoms with Crippen LogP contribution in [0.1, 0.15) is 6.92 Å². The first-order valence-electron chi connectivity index (χ1n) is 4.69. The lowest BCUT2D eigenvalue weighted by atomic mass is 10.3. The first-order chi connectivity index (χ1) is 7.29. The molecule has 2 heterocycles. The van der Waals surface area contributed by atoms with E-state index in [9.17, 15) is 0 Å². The van der Waals surface area contributed by atoms with Crippen LogP contribution in [0.15, 0.2) is 30.9 Å². The average molecular weight is 223 g/mol. The van der Waals surface area contributed by atoms with Gasteiger partial charge in [0.2, 0.25) is 0 Å². The second-order valence-corrected chi connectivity index (χ2v) is 3.50. The fourth-order valence-corrected chi connectivity index (χ4v) is 1.43. The van der Waals surface area contributed by atoms with E-state index in [4.69, 9.17) is 11.6 Å². The van der Waals surface area contributed by atoms with Gasteiger partial charge in [-0.1, -0.05) is 11.6 Å². The van der Waals surface area contributed by atoms with Crippen LogP contribution in [0, 0.1) is 0 Å². The van der Waals surface area contributed by atoms with Crippen molar-refractivity contribution in [3.05, 3.63) is 35.9 Å². The summed E-state index contributed by atoms with van der Waals surface area (Å²) in [7, 11) is 0. The predicted octanol–water partition coefficient (Wildman–Crippen LogP) is 2.35. The molecular weight excluding hydrogens is 212 g/mol. The summed E-state index contributed by atoms with van der Waals surface area (Å²) >= 11 is 5.79. The molecule has 0 aliphatic heterocycles. The minimum Gasteiger partial charge on any atom is -0.384 e. The van der Waals surface area contributed by atoms with E-state index in [0.29, 0.717) is 5.02 Å². The van der Waals surface area contributed by atoms with Crippen molar-refractivity contribution in [1.82, 2.24) is 14.8 Å². The van der Waals surface area contributed by atoms with Gasteiger partial charge in [0.05, 0.1) is 35.0 Å². The molecule has 0 saturated heterocycles. The normalized spacial score (nSPS) is 10.3. The Bertz CT molecular complexity index is 452. The van der Waals surface area contributed by atoms with Gasteiger partial charge in [0.15, 0.2) is 0 Å². The van der Waals surface area contributed by atoms with E-state index in [1.165, 1.54) is 0 Å². The Kier molecular flexibility index (Phi) is 2.87. The second-order valence-electron chi connectivity index (χ2n) is 3.07. The first-order valence-corrected chi connectivity index (χ1v) is 5.07. The van der Waals surface area contributed by atoms with E-state index >= 15 is 0 Å². The molecule has 2 rings (SSSR count). The average Bonchev–Trinajstić information content (AvgIpc) is 2.66. The minimum absolute atomic E-state index is 0.615. The summed E-state index contributed by atoms with van der Waals surface area (Å²) in [6.45, 7) is 2.91. The van der Waals surface area contributed by atoms with E-state index in [1.54, 1.807) is 29.5 Å². The van der Waals surface area contributed by atoms with Gasteiger partial charge in [0.1, 0.15) is 0 Å². The molecule has 15 heavy (non-hydrogen) atoms. The van der Waals surface area contributed by atoms with Crippen molar-refractivity contribution in [2.24, 2.45) is 0 Å². The van der Waals surface area contributed by atoms with Gasteiger partial charge in [0, 0.05) is 12.7 Å². The van der Waals surface area contributed by atoms with Gasteiger partial charge in [-0.25, -0.2) is 4.68 Å². The van der Waals surface area contributed by atoms with Crippen LogP contribution in [-0.4, -0.2) is 21.3 Å². The van der Waals surface area contributed by atoms with Crippen LogP contribution in [0.4, 0.5) is 5.69 Å². The van der Waals surface area contributed by atoms with Crippen molar-refractivity contribution in [2.75, 3.05) is 11.9 Å². The number of hydrogen-bond acceptors (Lipinski definition) is 3. The zero-order valence-corrected chi connectivity index (χ0v) is 9.07. The quantitative estimate of drug-likeness (QED) is 0.867. The molecule has 0 spiro atoms. The third kappa shape index (κ3) is 2.27. The molecule has 2 aromatic rings. The molecule has 4 nitrogen and oxygen atoms in total. The van der Waals surface area contributed by atoms with Gasteiger partial charge in [-0.05, 0) is 13.0 Å². The number of pyridine rings is 1. The highest BCUT2D eigenvalue weighted by molar-refractivity contribution is 6.30. The van der Waals surface area contributed by atoms with Crippen LogP contribution in [0.25, 0.3) is 5.69 Å². The number of aromatic nitrogens is 3. The first kappa shape index (κ1) is 9.98. The van der Waals surface area contributed by atoms with E-state index in [-0.39, 0.29) is 0 Å².